The summed E-state index contributed by atoms with van der Waals surface area (Å²) in [5.41, 5.74) is 2.28. The third-order valence-corrected chi connectivity index (χ3v) is 2.96. The SMILES string of the molecule is CCNC(c1cncc(Br)c1)c1cnn(C)c1. The lowest BCUT2D eigenvalue weighted by Crippen LogP contribution is -2.21. The van der Waals surface area contributed by atoms with E-state index in [0.29, 0.717) is 0 Å². The number of aromatic nitrogens is 3. The number of nitrogens with one attached hydrogen (secondary N) is 1. The first-order valence-corrected chi connectivity index (χ1v) is 6.32. The molecule has 1 N–H and O–H groups in total. The molecule has 2 heterocycles. The van der Waals surface area contributed by atoms with Crippen molar-refractivity contribution in [1.82, 2.24) is 20.1 Å². The quantitative estimate of drug-likeness (QED) is 0.941. The van der Waals surface area contributed by atoms with Gasteiger partial charge in [-0.2, -0.15) is 5.10 Å². The number of pyridine rings is 1. The summed E-state index contributed by atoms with van der Waals surface area (Å²) in [6, 6.07) is 2.21. The van der Waals surface area contributed by atoms with Crippen LogP contribution in [-0.4, -0.2) is 21.3 Å². The van der Waals surface area contributed by atoms with E-state index in [9.17, 15) is 0 Å². The molecule has 0 spiro atoms. The zero-order valence-corrected chi connectivity index (χ0v) is 11.5. The normalized spacial score (nSPS) is 12.6. The van der Waals surface area contributed by atoms with Gasteiger partial charge in [-0.05, 0) is 34.1 Å². The Bertz CT molecular complexity index is 495. The summed E-state index contributed by atoms with van der Waals surface area (Å²) >= 11 is 3.45. The smallest absolute Gasteiger partial charge is 0.0623 e. The Morgan fingerprint density at radius 3 is 2.76 bits per heavy atom. The monoisotopic (exact) mass is 294 g/mol. The number of rotatable bonds is 4. The second-order valence-corrected chi connectivity index (χ2v) is 4.79. The number of nitrogens with zero attached hydrogens (tertiary/aromatic N) is 3. The summed E-state index contributed by atoms with van der Waals surface area (Å²) < 4.78 is 2.80. The predicted molar refractivity (Wildman–Crippen MR) is 70.7 cm³/mol. The van der Waals surface area contributed by atoms with Crippen molar-refractivity contribution in [2.75, 3.05) is 6.54 Å². The van der Waals surface area contributed by atoms with Crippen molar-refractivity contribution in [3.8, 4) is 0 Å². The molecule has 5 heteroatoms. The molecule has 1 atom stereocenters. The molecule has 0 saturated heterocycles. The first-order valence-electron chi connectivity index (χ1n) is 5.53. The molecule has 0 fully saturated rings. The van der Waals surface area contributed by atoms with E-state index in [-0.39, 0.29) is 6.04 Å². The van der Waals surface area contributed by atoms with Crippen molar-refractivity contribution >= 4 is 15.9 Å². The van der Waals surface area contributed by atoms with E-state index < -0.39 is 0 Å². The van der Waals surface area contributed by atoms with Gasteiger partial charge in [0, 0.05) is 35.7 Å². The molecule has 2 aromatic rings. The van der Waals surface area contributed by atoms with Crippen molar-refractivity contribution in [3.05, 3.63) is 46.5 Å². The standard InChI is InChI=1S/C12H15BrN4/c1-3-15-12(10-6-16-17(2)8-10)9-4-11(13)7-14-5-9/h4-8,12,15H,3H2,1-2H3. The minimum Gasteiger partial charge on any atom is -0.306 e. The highest BCUT2D eigenvalue weighted by Crippen LogP contribution is 2.23. The third kappa shape index (κ3) is 2.92. The second-order valence-electron chi connectivity index (χ2n) is 3.87. The largest absolute Gasteiger partial charge is 0.306 e. The van der Waals surface area contributed by atoms with Crippen molar-refractivity contribution in [1.29, 1.82) is 0 Å². The van der Waals surface area contributed by atoms with E-state index in [0.717, 1.165) is 22.1 Å². The van der Waals surface area contributed by atoms with Crippen LogP contribution in [0.2, 0.25) is 0 Å². The van der Waals surface area contributed by atoms with Crippen molar-refractivity contribution in [2.24, 2.45) is 7.05 Å². The van der Waals surface area contributed by atoms with Gasteiger partial charge in [0.05, 0.1) is 12.2 Å². The molecule has 0 amide bonds. The van der Waals surface area contributed by atoms with E-state index in [4.69, 9.17) is 0 Å². The van der Waals surface area contributed by atoms with Gasteiger partial charge in [0.1, 0.15) is 0 Å². The Hall–Kier alpha value is -1.20. The fourth-order valence-electron chi connectivity index (χ4n) is 1.81. The molecule has 17 heavy (non-hydrogen) atoms. The summed E-state index contributed by atoms with van der Waals surface area (Å²) in [5.74, 6) is 0. The van der Waals surface area contributed by atoms with Gasteiger partial charge in [0.2, 0.25) is 0 Å². The highest BCUT2D eigenvalue weighted by atomic mass is 79.9. The summed E-state index contributed by atoms with van der Waals surface area (Å²) in [6.07, 6.45) is 7.57. The summed E-state index contributed by atoms with van der Waals surface area (Å²) in [4.78, 5) is 4.21. The molecule has 1 unspecified atom stereocenters. The van der Waals surface area contributed by atoms with Crippen LogP contribution >= 0.6 is 15.9 Å². The van der Waals surface area contributed by atoms with E-state index in [1.165, 1.54) is 0 Å². The van der Waals surface area contributed by atoms with E-state index >= 15 is 0 Å². The molecule has 0 saturated carbocycles. The Labute approximate surface area is 109 Å². The Morgan fingerprint density at radius 2 is 2.18 bits per heavy atom. The summed E-state index contributed by atoms with van der Waals surface area (Å²) in [6.45, 7) is 2.99. The van der Waals surface area contributed by atoms with Gasteiger partial charge < -0.3 is 5.32 Å². The van der Waals surface area contributed by atoms with Gasteiger partial charge in [0.25, 0.3) is 0 Å². The Kier molecular flexibility index (Phi) is 3.91. The third-order valence-electron chi connectivity index (χ3n) is 2.53. The van der Waals surface area contributed by atoms with Crippen LogP contribution < -0.4 is 5.32 Å². The minimum absolute atomic E-state index is 0.138. The van der Waals surface area contributed by atoms with E-state index in [2.05, 4.69) is 44.3 Å². The molecule has 0 aromatic carbocycles. The average Bonchev–Trinajstić information content (AvgIpc) is 2.72. The van der Waals surface area contributed by atoms with E-state index in [1.807, 2.05) is 30.3 Å². The summed E-state index contributed by atoms with van der Waals surface area (Å²) in [7, 11) is 1.92. The maximum Gasteiger partial charge on any atom is 0.0623 e. The first kappa shape index (κ1) is 12.3. The molecule has 0 bridgehead atoms. The first-order chi connectivity index (χ1) is 8.20. The topological polar surface area (TPSA) is 42.7 Å². The molecular weight excluding hydrogens is 280 g/mol. The zero-order chi connectivity index (χ0) is 12.3. The van der Waals surface area contributed by atoms with Crippen LogP contribution in [0, 0.1) is 0 Å². The molecule has 2 rings (SSSR count). The molecule has 0 aliphatic heterocycles. The highest BCUT2D eigenvalue weighted by Gasteiger charge is 2.15. The molecular formula is C12H15BrN4. The molecule has 0 aliphatic carbocycles. The fourth-order valence-corrected chi connectivity index (χ4v) is 2.19. The second kappa shape index (κ2) is 5.42. The maximum absolute atomic E-state index is 4.21. The van der Waals surface area contributed by atoms with Gasteiger partial charge in [-0.25, -0.2) is 0 Å². The van der Waals surface area contributed by atoms with Crippen LogP contribution in [0.1, 0.15) is 24.1 Å². The maximum atomic E-state index is 4.21. The van der Waals surface area contributed by atoms with Crippen LogP contribution in [0.4, 0.5) is 0 Å². The van der Waals surface area contributed by atoms with Crippen LogP contribution in [0.5, 0.6) is 0 Å². The van der Waals surface area contributed by atoms with Gasteiger partial charge in [-0.15, -0.1) is 0 Å². The number of hydrogen-bond acceptors (Lipinski definition) is 3. The van der Waals surface area contributed by atoms with Gasteiger partial charge in [-0.1, -0.05) is 6.92 Å². The summed E-state index contributed by atoms with van der Waals surface area (Å²) in [5, 5.41) is 7.65. The lowest BCUT2D eigenvalue weighted by molar-refractivity contribution is 0.627. The number of aryl methyl sites for hydroxylation is 1. The zero-order valence-electron chi connectivity index (χ0n) is 9.89. The molecule has 0 aliphatic rings. The van der Waals surface area contributed by atoms with Gasteiger partial charge in [-0.3, -0.25) is 9.67 Å². The van der Waals surface area contributed by atoms with Gasteiger partial charge in [0.15, 0.2) is 0 Å². The van der Waals surface area contributed by atoms with Crippen LogP contribution in [-0.2, 0) is 7.05 Å². The predicted octanol–water partition coefficient (Wildman–Crippen LogP) is 2.28. The lowest BCUT2D eigenvalue weighted by atomic mass is 10.0. The molecule has 4 nitrogen and oxygen atoms in total. The van der Waals surface area contributed by atoms with E-state index in [1.54, 1.807) is 6.20 Å². The minimum atomic E-state index is 0.138. The molecule has 0 radical (unpaired) electrons. The number of halogens is 1. The fraction of sp³-hybridized carbons (Fsp3) is 0.333. The average molecular weight is 295 g/mol. The van der Waals surface area contributed by atoms with Crippen molar-refractivity contribution in [3.63, 3.8) is 0 Å². The van der Waals surface area contributed by atoms with Crippen molar-refractivity contribution < 1.29 is 0 Å². The Morgan fingerprint density at radius 1 is 1.35 bits per heavy atom. The van der Waals surface area contributed by atoms with Crippen LogP contribution in [0.25, 0.3) is 0 Å². The van der Waals surface area contributed by atoms with Crippen LogP contribution in [0.15, 0.2) is 35.3 Å². The lowest BCUT2D eigenvalue weighted by Gasteiger charge is -2.16. The Balaban J connectivity index is 2.35. The van der Waals surface area contributed by atoms with Crippen molar-refractivity contribution in [2.45, 2.75) is 13.0 Å². The van der Waals surface area contributed by atoms with Gasteiger partial charge >= 0.3 is 0 Å². The van der Waals surface area contributed by atoms with Crippen LogP contribution in [0.3, 0.4) is 0 Å². The number of hydrogen-bond donors (Lipinski definition) is 1. The highest BCUT2D eigenvalue weighted by molar-refractivity contribution is 9.10. The molecule has 2 aromatic heterocycles. The molecule has 90 valence electrons.